The average molecular weight is 198 g/mol. The van der Waals surface area contributed by atoms with Crippen molar-refractivity contribution in [1.29, 1.82) is 0 Å². The van der Waals surface area contributed by atoms with E-state index in [1.165, 1.54) is 19.2 Å². The minimum absolute atomic E-state index is 0.142. The quantitative estimate of drug-likeness (QED) is 0.692. The molecule has 3 heteroatoms. The van der Waals surface area contributed by atoms with E-state index in [0.717, 1.165) is 5.56 Å². The number of rotatable bonds is 4. The lowest BCUT2D eigenvalue weighted by atomic mass is 10.0. The molecule has 0 heterocycles. The second kappa shape index (κ2) is 4.96. The van der Waals surface area contributed by atoms with Gasteiger partial charge < -0.3 is 9.47 Å². The highest BCUT2D eigenvalue weighted by Gasteiger charge is 2.08. The smallest absolute Gasteiger partial charge is 0.188 e. The molecule has 78 valence electrons. The Balaban J connectivity index is 2.91. The SMILES string of the molecule is COCOc1cc(F)ccc1C(C)C. The Hall–Kier alpha value is -1.09. The second-order valence-corrected chi connectivity index (χ2v) is 3.39. The topological polar surface area (TPSA) is 18.5 Å². The van der Waals surface area contributed by atoms with Gasteiger partial charge >= 0.3 is 0 Å². The van der Waals surface area contributed by atoms with Gasteiger partial charge in [-0.1, -0.05) is 19.9 Å². The number of benzene rings is 1. The van der Waals surface area contributed by atoms with Crippen molar-refractivity contribution >= 4 is 0 Å². The van der Waals surface area contributed by atoms with Crippen LogP contribution in [0.3, 0.4) is 0 Å². The van der Waals surface area contributed by atoms with Crippen LogP contribution in [0.5, 0.6) is 5.75 Å². The molecule has 0 aliphatic carbocycles. The Labute approximate surface area is 83.6 Å². The summed E-state index contributed by atoms with van der Waals surface area (Å²) in [5.41, 5.74) is 0.989. The molecular formula is C11H15FO2. The maximum absolute atomic E-state index is 12.9. The molecule has 0 aliphatic heterocycles. The van der Waals surface area contributed by atoms with Gasteiger partial charge in [-0.2, -0.15) is 0 Å². The zero-order valence-corrected chi connectivity index (χ0v) is 8.71. The Morgan fingerprint density at radius 3 is 2.64 bits per heavy atom. The van der Waals surface area contributed by atoms with Gasteiger partial charge in [0.1, 0.15) is 11.6 Å². The summed E-state index contributed by atoms with van der Waals surface area (Å²) in [6.45, 7) is 4.21. The average Bonchev–Trinajstić information content (AvgIpc) is 2.14. The molecule has 0 bridgehead atoms. The van der Waals surface area contributed by atoms with Crippen LogP contribution in [0.2, 0.25) is 0 Å². The van der Waals surface area contributed by atoms with E-state index in [0.29, 0.717) is 11.7 Å². The molecule has 0 saturated carbocycles. The molecule has 0 spiro atoms. The predicted octanol–water partition coefficient (Wildman–Crippen LogP) is 2.93. The van der Waals surface area contributed by atoms with Gasteiger partial charge in [-0.05, 0) is 17.5 Å². The van der Waals surface area contributed by atoms with Gasteiger partial charge in [0.15, 0.2) is 6.79 Å². The molecule has 0 fully saturated rings. The third-order valence-electron chi connectivity index (χ3n) is 1.93. The minimum Gasteiger partial charge on any atom is -0.467 e. The van der Waals surface area contributed by atoms with Crippen molar-refractivity contribution in [2.75, 3.05) is 13.9 Å². The van der Waals surface area contributed by atoms with Gasteiger partial charge in [-0.15, -0.1) is 0 Å². The fourth-order valence-corrected chi connectivity index (χ4v) is 1.23. The van der Waals surface area contributed by atoms with E-state index in [2.05, 4.69) is 0 Å². The molecule has 0 atom stereocenters. The minimum atomic E-state index is -0.291. The van der Waals surface area contributed by atoms with Crippen molar-refractivity contribution < 1.29 is 13.9 Å². The molecule has 0 unspecified atom stereocenters. The molecule has 1 aromatic rings. The second-order valence-electron chi connectivity index (χ2n) is 3.39. The Morgan fingerprint density at radius 1 is 1.36 bits per heavy atom. The molecule has 0 N–H and O–H groups in total. The Bertz CT molecular complexity index is 297. The summed E-state index contributed by atoms with van der Waals surface area (Å²) in [6, 6.07) is 4.56. The van der Waals surface area contributed by atoms with Gasteiger partial charge in [0.2, 0.25) is 0 Å². The normalized spacial score (nSPS) is 10.6. The maximum Gasteiger partial charge on any atom is 0.188 e. The maximum atomic E-state index is 12.9. The van der Waals surface area contributed by atoms with Crippen LogP contribution in [0.25, 0.3) is 0 Å². The van der Waals surface area contributed by atoms with Crippen molar-refractivity contribution in [3.8, 4) is 5.75 Å². The van der Waals surface area contributed by atoms with Crippen LogP contribution in [0.1, 0.15) is 25.3 Å². The molecule has 1 rings (SSSR count). The van der Waals surface area contributed by atoms with Gasteiger partial charge in [0, 0.05) is 13.2 Å². The van der Waals surface area contributed by atoms with Crippen molar-refractivity contribution in [2.45, 2.75) is 19.8 Å². The number of methoxy groups -OCH3 is 1. The van der Waals surface area contributed by atoms with E-state index in [4.69, 9.17) is 9.47 Å². The van der Waals surface area contributed by atoms with E-state index in [1.807, 2.05) is 13.8 Å². The van der Waals surface area contributed by atoms with E-state index >= 15 is 0 Å². The molecule has 0 aromatic heterocycles. The van der Waals surface area contributed by atoms with Gasteiger partial charge in [-0.3, -0.25) is 0 Å². The van der Waals surface area contributed by atoms with Gasteiger partial charge in [0.25, 0.3) is 0 Å². The van der Waals surface area contributed by atoms with Crippen LogP contribution in [0.15, 0.2) is 18.2 Å². The highest BCUT2D eigenvalue weighted by Crippen LogP contribution is 2.27. The molecule has 14 heavy (non-hydrogen) atoms. The first-order valence-electron chi connectivity index (χ1n) is 4.56. The molecule has 2 nitrogen and oxygen atoms in total. The monoisotopic (exact) mass is 198 g/mol. The number of ether oxygens (including phenoxy) is 2. The Kier molecular flexibility index (Phi) is 3.89. The summed E-state index contributed by atoms with van der Waals surface area (Å²) in [4.78, 5) is 0. The van der Waals surface area contributed by atoms with Gasteiger partial charge in [0.05, 0.1) is 0 Å². The van der Waals surface area contributed by atoms with E-state index in [-0.39, 0.29) is 12.6 Å². The van der Waals surface area contributed by atoms with Crippen molar-refractivity contribution in [1.82, 2.24) is 0 Å². The van der Waals surface area contributed by atoms with Crippen LogP contribution in [-0.2, 0) is 4.74 Å². The van der Waals surface area contributed by atoms with Crippen LogP contribution in [0, 0.1) is 5.82 Å². The molecule has 0 saturated heterocycles. The lowest BCUT2D eigenvalue weighted by Gasteiger charge is -2.13. The highest BCUT2D eigenvalue weighted by atomic mass is 19.1. The van der Waals surface area contributed by atoms with Crippen molar-refractivity contribution in [3.05, 3.63) is 29.6 Å². The molecule has 0 radical (unpaired) electrons. The third kappa shape index (κ3) is 2.70. The summed E-state index contributed by atoms with van der Waals surface area (Å²) in [5, 5.41) is 0. The fraction of sp³-hybridized carbons (Fsp3) is 0.455. The summed E-state index contributed by atoms with van der Waals surface area (Å²) in [5.74, 6) is 0.574. The standard InChI is InChI=1S/C11H15FO2/c1-8(2)10-5-4-9(12)6-11(10)14-7-13-3/h4-6,8H,7H2,1-3H3. The third-order valence-corrected chi connectivity index (χ3v) is 1.93. The summed E-state index contributed by atoms with van der Waals surface area (Å²) >= 11 is 0. The first-order valence-corrected chi connectivity index (χ1v) is 4.56. The lowest BCUT2D eigenvalue weighted by Crippen LogP contribution is -2.03. The molecular weight excluding hydrogens is 183 g/mol. The molecule has 0 amide bonds. The zero-order chi connectivity index (χ0) is 10.6. The summed E-state index contributed by atoms with van der Waals surface area (Å²) in [6.07, 6.45) is 0. The van der Waals surface area contributed by atoms with Crippen molar-refractivity contribution in [3.63, 3.8) is 0 Å². The first kappa shape index (κ1) is 11.0. The molecule has 0 aliphatic rings. The van der Waals surface area contributed by atoms with Crippen LogP contribution < -0.4 is 4.74 Å². The Morgan fingerprint density at radius 2 is 2.07 bits per heavy atom. The lowest BCUT2D eigenvalue weighted by molar-refractivity contribution is 0.0500. The van der Waals surface area contributed by atoms with Gasteiger partial charge in [-0.25, -0.2) is 4.39 Å². The van der Waals surface area contributed by atoms with Crippen LogP contribution in [0.4, 0.5) is 4.39 Å². The summed E-state index contributed by atoms with van der Waals surface area (Å²) in [7, 11) is 1.54. The van der Waals surface area contributed by atoms with E-state index < -0.39 is 0 Å². The fourth-order valence-electron chi connectivity index (χ4n) is 1.23. The first-order chi connectivity index (χ1) is 6.65. The van der Waals surface area contributed by atoms with E-state index in [1.54, 1.807) is 6.07 Å². The van der Waals surface area contributed by atoms with Crippen molar-refractivity contribution in [2.24, 2.45) is 0 Å². The number of hydrogen-bond donors (Lipinski definition) is 0. The highest BCUT2D eigenvalue weighted by molar-refractivity contribution is 5.36. The molecule has 1 aromatic carbocycles. The zero-order valence-electron chi connectivity index (χ0n) is 8.71. The summed E-state index contributed by atoms with van der Waals surface area (Å²) < 4.78 is 23.0. The number of halogens is 1. The largest absolute Gasteiger partial charge is 0.467 e. The van der Waals surface area contributed by atoms with Crippen LogP contribution >= 0.6 is 0 Å². The predicted molar refractivity (Wildman–Crippen MR) is 53.0 cm³/mol. The van der Waals surface area contributed by atoms with Crippen LogP contribution in [-0.4, -0.2) is 13.9 Å². The van der Waals surface area contributed by atoms with E-state index in [9.17, 15) is 4.39 Å². The number of hydrogen-bond acceptors (Lipinski definition) is 2.